The molecular formula is C66H106N4O16. The van der Waals surface area contributed by atoms with Gasteiger partial charge in [-0.1, -0.05) is 47.3 Å². The molecule has 0 heterocycles. The summed E-state index contributed by atoms with van der Waals surface area (Å²) in [4.78, 5) is 125. The summed E-state index contributed by atoms with van der Waals surface area (Å²) in [5.74, 6) is -3.44. The summed E-state index contributed by atoms with van der Waals surface area (Å²) in [6.07, 6.45) is 6.53. The lowest BCUT2D eigenvalue weighted by atomic mass is 9.43. The van der Waals surface area contributed by atoms with Crippen molar-refractivity contribution in [1.29, 1.82) is 0 Å². The molecule has 0 aromatic carbocycles. The van der Waals surface area contributed by atoms with Gasteiger partial charge < -0.3 is 48.3 Å². The van der Waals surface area contributed by atoms with Crippen LogP contribution in [0.2, 0.25) is 0 Å². The average molecular weight is 1210 g/mol. The lowest BCUT2D eigenvalue weighted by Gasteiger charge is -2.61. The highest BCUT2D eigenvalue weighted by molar-refractivity contribution is 6.00. The van der Waals surface area contributed by atoms with Gasteiger partial charge >= 0.3 is 42.3 Å². The van der Waals surface area contributed by atoms with Gasteiger partial charge in [0.25, 0.3) is 0 Å². The van der Waals surface area contributed by atoms with E-state index < -0.39 is 106 Å². The molecule has 4 fully saturated rings. The zero-order valence-corrected chi connectivity index (χ0v) is 55.6. The van der Waals surface area contributed by atoms with E-state index >= 15 is 0 Å². The van der Waals surface area contributed by atoms with E-state index in [9.17, 15) is 43.2 Å². The van der Waals surface area contributed by atoms with Crippen molar-refractivity contribution in [2.75, 3.05) is 52.4 Å². The van der Waals surface area contributed by atoms with Gasteiger partial charge in [-0.2, -0.15) is 0 Å². The third-order valence-electron chi connectivity index (χ3n) is 18.9. The van der Waals surface area contributed by atoms with Crippen LogP contribution < -0.4 is 5.32 Å². The number of allylic oxidation sites excluding steroid dienone is 2. The molecule has 1 N–H and O–H groups in total. The van der Waals surface area contributed by atoms with Crippen molar-refractivity contribution in [3.63, 3.8) is 0 Å². The SMILES string of the molecule is C=C(C(=O)[C@H](OC(C)=O)[C@@H](C)[C@H]1[C@@H](OC(C)=O)C[C@@]2(C)[C@@H]3CCC4[C@H](C)C(=O)C=C[C@@]45C[C@@]35CC[C@]12C)[C@@H](C)COC(=O)CN(CCCN(CCCCN(CCCNC(=O)OC(C)(C)C)C(=O)OC(C)(C)C)C(=O)OC(C)(C)C)C(=O)OC(C)(C)C. The van der Waals surface area contributed by atoms with Crippen LogP contribution in [0.25, 0.3) is 0 Å². The summed E-state index contributed by atoms with van der Waals surface area (Å²) in [6.45, 7) is 38.4. The number of nitrogens with one attached hydrogen (secondary N) is 1. The van der Waals surface area contributed by atoms with Crippen LogP contribution in [-0.4, -0.2) is 156 Å². The number of hydrogen-bond acceptors (Lipinski definition) is 16. The van der Waals surface area contributed by atoms with Crippen LogP contribution in [0.5, 0.6) is 0 Å². The monoisotopic (exact) mass is 1210 g/mol. The number of carbonyl (C=O) groups is 9. The minimum absolute atomic E-state index is 0.0242. The number of rotatable bonds is 24. The summed E-state index contributed by atoms with van der Waals surface area (Å²) in [5.41, 5.74) is -3.85. The number of alkyl carbamates (subject to hydrolysis) is 1. The highest BCUT2D eigenvalue weighted by Gasteiger charge is 2.82. The first-order valence-corrected chi connectivity index (χ1v) is 31.4. The number of unbranched alkanes of at least 4 members (excludes halogenated alkanes) is 1. The first-order valence-electron chi connectivity index (χ1n) is 31.4. The summed E-state index contributed by atoms with van der Waals surface area (Å²) in [5, 5.41) is 2.71. The van der Waals surface area contributed by atoms with E-state index in [-0.39, 0.29) is 84.6 Å². The van der Waals surface area contributed by atoms with Gasteiger partial charge in [-0.05, 0) is 192 Å². The summed E-state index contributed by atoms with van der Waals surface area (Å²) in [7, 11) is 0. The van der Waals surface area contributed by atoms with Crippen molar-refractivity contribution in [2.45, 2.75) is 230 Å². The number of esters is 3. The Hall–Kier alpha value is -5.69. The molecule has 0 radical (unpaired) electrons. The predicted octanol–water partition coefficient (Wildman–Crippen LogP) is 11.6. The van der Waals surface area contributed by atoms with Gasteiger partial charge in [-0.15, -0.1) is 0 Å². The summed E-state index contributed by atoms with van der Waals surface area (Å²) in [6, 6.07) is 0. The standard InChI is InChI=1S/C66H106N4O16/c1-41(42(2)53(75)54(82-46(6)72)44(4)52-49(81-45(5)71)37-64(20)50-26-25-47-43(3)48(73)27-28-65(47)40-66(50,65)30-29-63(52,64)19)39-80-51(74)38-70(58(79)86-62(16,17)18)36-24-35-69(57(78)85-61(13,14)15)33-22-21-32-68(56(77)84-60(10,11)12)34-23-31-67-55(76)83-59(7,8)9/h27-28,41,43-44,47,49-50,52,54H,2,21-26,29-40H2,1,3-20H3,(H,67,76)/t41-,43-,44-,47?,49-,50-,52-,54+,63+,64-,65+,66-/m0/s1. The van der Waals surface area contributed by atoms with Crippen molar-refractivity contribution < 1.29 is 76.3 Å². The predicted molar refractivity (Wildman–Crippen MR) is 323 cm³/mol. The molecule has 5 rings (SSSR count). The molecule has 0 aromatic heterocycles. The van der Waals surface area contributed by atoms with Crippen molar-refractivity contribution in [2.24, 2.45) is 57.2 Å². The molecule has 5 aliphatic rings. The lowest BCUT2D eigenvalue weighted by Crippen LogP contribution is -2.56. The summed E-state index contributed by atoms with van der Waals surface area (Å²) >= 11 is 0. The maximum atomic E-state index is 14.8. The third kappa shape index (κ3) is 17.3. The maximum absolute atomic E-state index is 14.8. The second kappa shape index (κ2) is 27.4. The van der Waals surface area contributed by atoms with E-state index in [1.54, 1.807) is 94.9 Å². The van der Waals surface area contributed by atoms with E-state index in [4.69, 9.17) is 33.2 Å². The molecular weight excluding hydrogens is 1100 g/mol. The molecule has 0 bridgehead atoms. The number of carbonyl (C=O) groups excluding carboxylic acids is 9. The van der Waals surface area contributed by atoms with Crippen LogP contribution >= 0.6 is 0 Å². The van der Waals surface area contributed by atoms with Crippen molar-refractivity contribution in [1.82, 2.24) is 20.0 Å². The fraction of sp³-hybridized carbons (Fsp3) is 0.803. The van der Waals surface area contributed by atoms with Crippen LogP contribution in [0.1, 0.15) is 196 Å². The highest BCUT2D eigenvalue weighted by Crippen LogP contribution is 2.87. The van der Waals surface area contributed by atoms with E-state index in [0.717, 1.165) is 32.1 Å². The van der Waals surface area contributed by atoms with Gasteiger partial charge in [0, 0.05) is 76.8 Å². The maximum Gasteiger partial charge on any atom is 0.410 e. The van der Waals surface area contributed by atoms with Gasteiger partial charge in [0.1, 0.15) is 35.1 Å². The van der Waals surface area contributed by atoms with Crippen LogP contribution in [0.15, 0.2) is 24.3 Å². The Balaban J connectivity index is 1.24. The molecule has 2 spiro atoms. The van der Waals surface area contributed by atoms with Crippen LogP contribution in [0.3, 0.4) is 0 Å². The van der Waals surface area contributed by atoms with Crippen LogP contribution in [0.4, 0.5) is 19.2 Å². The Kier molecular flexibility index (Phi) is 22.6. The largest absolute Gasteiger partial charge is 0.464 e. The fourth-order valence-corrected chi connectivity index (χ4v) is 15.0. The van der Waals surface area contributed by atoms with Gasteiger partial charge in [-0.3, -0.25) is 28.9 Å². The number of amides is 4. The third-order valence-corrected chi connectivity index (χ3v) is 18.9. The molecule has 12 atom stereocenters. The van der Waals surface area contributed by atoms with E-state index in [1.807, 2.05) is 13.0 Å². The first-order chi connectivity index (χ1) is 39.5. The number of ether oxygens (including phenoxy) is 7. The fourth-order valence-electron chi connectivity index (χ4n) is 15.0. The van der Waals surface area contributed by atoms with Crippen LogP contribution in [0, 0.1) is 57.2 Å². The van der Waals surface area contributed by atoms with Crippen molar-refractivity contribution >= 4 is 53.8 Å². The molecule has 0 aromatic rings. The second-order valence-corrected chi connectivity index (χ2v) is 29.9. The normalized spacial score (nSPS) is 27.6. The number of fused-ring (bicyclic) bond motifs is 2. The van der Waals surface area contributed by atoms with Gasteiger partial charge in [0.15, 0.2) is 17.7 Å². The molecule has 4 amide bonds. The topological polar surface area (TPSA) is 240 Å². The lowest BCUT2D eigenvalue weighted by molar-refractivity contribution is -0.166. The number of Topliss-reactive ketones (excluding diaryl/α,β-unsaturated/α-hetero) is 1. The molecule has 486 valence electrons. The minimum Gasteiger partial charge on any atom is -0.464 e. The van der Waals surface area contributed by atoms with Crippen molar-refractivity contribution in [3.05, 3.63) is 24.3 Å². The first kappa shape index (κ1) is 71.1. The van der Waals surface area contributed by atoms with Crippen molar-refractivity contribution in [3.8, 4) is 0 Å². The zero-order valence-electron chi connectivity index (χ0n) is 55.6. The minimum atomic E-state index is -1.30. The van der Waals surface area contributed by atoms with Gasteiger partial charge in [-0.25, -0.2) is 19.2 Å². The highest BCUT2D eigenvalue weighted by atomic mass is 16.6. The Morgan fingerprint density at radius 3 is 1.72 bits per heavy atom. The number of hydrogen-bond donors (Lipinski definition) is 1. The molecule has 0 aliphatic heterocycles. The molecule has 5 aliphatic carbocycles. The van der Waals surface area contributed by atoms with E-state index in [2.05, 4.69) is 38.7 Å². The van der Waals surface area contributed by atoms with E-state index in [1.165, 1.54) is 23.6 Å². The van der Waals surface area contributed by atoms with Crippen LogP contribution in [-0.2, 0) is 57.1 Å². The molecule has 1 unspecified atom stereocenters. The molecule has 4 saturated carbocycles. The number of ketones is 2. The summed E-state index contributed by atoms with van der Waals surface area (Å²) < 4.78 is 40.4. The molecule has 86 heavy (non-hydrogen) atoms. The Labute approximate surface area is 512 Å². The average Bonchev–Trinajstić information content (AvgIpc) is 1.47. The molecule has 0 saturated heterocycles. The smallest absolute Gasteiger partial charge is 0.410 e. The molecule has 20 heteroatoms. The van der Waals surface area contributed by atoms with E-state index in [0.29, 0.717) is 44.7 Å². The molecule has 20 nitrogen and oxygen atoms in total. The Morgan fingerprint density at radius 2 is 1.20 bits per heavy atom. The quantitative estimate of drug-likeness (QED) is 0.0409. The van der Waals surface area contributed by atoms with Gasteiger partial charge in [0.05, 0.1) is 6.61 Å². The van der Waals surface area contributed by atoms with Gasteiger partial charge in [0.2, 0.25) is 0 Å². The Bertz CT molecular complexity index is 2550. The zero-order chi connectivity index (χ0) is 64.9. The Morgan fingerprint density at radius 1 is 0.686 bits per heavy atom. The second-order valence-electron chi connectivity index (χ2n) is 29.9. The number of nitrogens with zero attached hydrogens (tertiary/aromatic N) is 3.